The van der Waals surface area contributed by atoms with Crippen LogP contribution in [0.15, 0.2) is 231 Å². The topological polar surface area (TPSA) is 0 Å². The predicted molar refractivity (Wildman–Crippen MR) is 267 cm³/mol. The summed E-state index contributed by atoms with van der Waals surface area (Å²) in [7, 11) is 0. The normalized spacial score (nSPS) is 11.9. The molecule has 0 saturated heterocycles. The largest absolute Gasteiger partial charge is 0.0622 e. The third-order valence-electron chi connectivity index (χ3n) is 13.4. The van der Waals surface area contributed by atoms with E-state index in [2.05, 4.69) is 231 Å². The molecule has 0 amide bonds. The van der Waals surface area contributed by atoms with Crippen LogP contribution >= 0.6 is 0 Å². The standard InChI is InChI=1S/C62H38/c1-4-17-39(18-5-1)43-35-44(40-19-6-2-7-20-40)37-45(36-43)47-31-33-53(50-26-13-12-25-49(47)50)58-51-27-14-15-28-52(51)60-56-34-32-46(41-21-8-3-9-22-41)57-38-42-23-10-11-24-48(42)59(62(56)57)55-30-16-29-54(58)61(55)60/h1-38H. The Bertz CT molecular complexity index is 3820. The van der Waals surface area contributed by atoms with E-state index in [1.165, 1.54) is 131 Å². The molecular weight excluding hydrogens is 745 g/mol. The number of fused-ring (bicyclic) bond motifs is 7. The Labute approximate surface area is 359 Å². The van der Waals surface area contributed by atoms with Crippen molar-refractivity contribution >= 4 is 75.4 Å². The molecule has 286 valence electrons. The zero-order chi connectivity index (χ0) is 40.7. The maximum atomic E-state index is 2.42. The molecule has 0 nitrogen and oxygen atoms in total. The molecule has 0 atom stereocenters. The fourth-order valence-electron chi connectivity index (χ4n) is 10.7. The van der Waals surface area contributed by atoms with Crippen molar-refractivity contribution in [1.29, 1.82) is 0 Å². The first-order valence-electron chi connectivity index (χ1n) is 21.6. The fraction of sp³-hybridized carbons (Fsp3) is 0. The average molecular weight is 783 g/mol. The molecule has 0 heterocycles. The predicted octanol–water partition coefficient (Wildman–Crippen LogP) is 17.5. The molecule has 0 unspecified atom stereocenters. The summed E-state index contributed by atoms with van der Waals surface area (Å²) in [5.74, 6) is 0. The number of rotatable bonds is 5. The minimum absolute atomic E-state index is 1.21. The van der Waals surface area contributed by atoms with Crippen LogP contribution in [-0.4, -0.2) is 0 Å². The molecule has 0 spiro atoms. The Kier molecular flexibility index (Phi) is 7.71. The molecule has 13 aromatic rings. The Morgan fingerprint density at radius 3 is 1.29 bits per heavy atom. The summed E-state index contributed by atoms with van der Waals surface area (Å²) < 4.78 is 0. The zero-order valence-corrected chi connectivity index (χ0v) is 33.9. The van der Waals surface area contributed by atoms with Crippen molar-refractivity contribution in [2.45, 2.75) is 0 Å². The van der Waals surface area contributed by atoms with Crippen molar-refractivity contribution in [1.82, 2.24) is 0 Å². The second kappa shape index (κ2) is 13.7. The zero-order valence-electron chi connectivity index (χ0n) is 33.9. The van der Waals surface area contributed by atoms with Crippen LogP contribution in [0.5, 0.6) is 0 Å². The van der Waals surface area contributed by atoms with Crippen molar-refractivity contribution in [3.8, 4) is 55.6 Å². The number of hydrogen-bond acceptors (Lipinski definition) is 0. The lowest BCUT2D eigenvalue weighted by Gasteiger charge is -2.23. The molecule has 62 heavy (non-hydrogen) atoms. The van der Waals surface area contributed by atoms with Crippen molar-refractivity contribution < 1.29 is 0 Å². The smallest absolute Gasteiger partial charge is 0.00134 e. The van der Waals surface area contributed by atoms with Crippen LogP contribution in [0.1, 0.15) is 0 Å². The molecule has 0 aliphatic carbocycles. The van der Waals surface area contributed by atoms with Crippen LogP contribution < -0.4 is 0 Å². The fourth-order valence-corrected chi connectivity index (χ4v) is 10.7. The first-order chi connectivity index (χ1) is 30.8. The van der Waals surface area contributed by atoms with Crippen LogP contribution in [0.2, 0.25) is 0 Å². The van der Waals surface area contributed by atoms with Crippen molar-refractivity contribution in [2.75, 3.05) is 0 Å². The van der Waals surface area contributed by atoms with E-state index in [1.807, 2.05) is 0 Å². The maximum absolute atomic E-state index is 2.42. The maximum Gasteiger partial charge on any atom is -0.00134 e. The molecule has 0 aliphatic heterocycles. The van der Waals surface area contributed by atoms with Gasteiger partial charge in [-0.25, -0.2) is 0 Å². The Morgan fingerprint density at radius 2 is 0.597 bits per heavy atom. The molecule has 0 saturated carbocycles. The van der Waals surface area contributed by atoms with Crippen molar-refractivity contribution in [3.05, 3.63) is 231 Å². The van der Waals surface area contributed by atoms with Crippen molar-refractivity contribution in [2.24, 2.45) is 0 Å². The average Bonchev–Trinajstić information content (AvgIpc) is 3.35. The minimum Gasteiger partial charge on any atom is -0.0622 e. The lowest BCUT2D eigenvalue weighted by atomic mass is 9.80. The Hall–Kier alpha value is -8.06. The summed E-state index contributed by atoms with van der Waals surface area (Å²) in [6.07, 6.45) is 0. The third kappa shape index (κ3) is 5.20. The van der Waals surface area contributed by atoms with E-state index in [4.69, 9.17) is 0 Å². The quantitative estimate of drug-likeness (QED) is 0.120. The van der Waals surface area contributed by atoms with Crippen LogP contribution in [0.4, 0.5) is 0 Å². The van der Waals surface area contributed by atoms with E-state index in [1.54, 1.807) is 0 Å². The van der Waals surface area contributed by atoms with Gasteiger partial charge in [-0.15, -0.1) is 0 Å². The van der Waals surface area contributed by atoms with Crippen molar-refractivity contribution in [3.63, 3.8) is 0 Å². The highest BCUT2D eigenvalue weighted by molar-refractivity contribution is 6.44. The van der Waals surface area contributed by atoms with Gasteiger partial charge in [-0.2, -0.15) is 0 Å². The first kappa shape index (κ1) is 34.8. The van der Waals surface area contributed by atoms with E-state index in [0.29, 0.717) is 0 Å². The van der Waals surface area contributed by atoms with Gasteiger partial charge in [0.05, 0.1) is 0 Å². The van der Waals surface area contributed by atoms with Gasteiger partial charge in [0.1, 0.15) is 0 Å². The molecule has 0 heteroatoms. The lowest BCUT2D eigenvalue weighted by molar-refractivity contribution is 1.57. The molecule has 13 rings (SSSR count). The van der Waals surface area contributed by atoms with E-state index in [9.17, 15) is 0 Å². The van der Waals surface area contributed by atoms with Gasteiger partial charge in [0.25, 0.3) is 0 Å². The first-order valence-corrected chi connectivity index (χ1v) is 21.6. The Morgan fingerprint density at radius 1 is 0.177 bits per heavy atom. The van der Waals surface area contributed by atoms with Crippen LogP contribution in [-0.2, 0) is 0 Å². The summed E-state index contributed by atoms with van der Waals surface area (Å²) in [6.45, 7) is 0. The van der Waals surface area contributed by atoms with Gasteiger partial charge in [-0.05, 0) is 155 Å². The van der Waals surface area contributed by atoms with Gasteiger partial charge in [0, 0.05) is 0 Å². The summed E-state index contributed by atoms with van der Waals surface area (Å²) in [4.78, 5) is 0. The second-order valence-corrected chi connectivity index (χ2v) is 16.7. The number of hydrogen-bond donors (Lipinski definition) is 0. The molecule has 0 radical (unpaired) electrons. The van der Waals surface area contributed by atoms with Crippen LogP contribution in [0.25, 0.3) is 131 Å². The van der Waals surface area contributed by atoms with Crippen LogP contribution in [0.3, 0.4) is 0 Å². The van der Waals surface area contributed by atoms with E-state index >= 15 is 0 Å². The highest BCUT2D eigenvalue weighted by atomic mass is 14.3. The van der Waals surface area contributed by atoms with Gasteiger partial charge < -0.3 is 0 Å². The minimum atomic E-state index is 1.21. The van der Waals surface area contributed by atoms with Gasteiger partial charge in [0.2, 0.25) is 0 Å². The van der Waals surface area contributed by atoms with Gasteiger partial charge in [-0.1, -0.05) is 206 Å². The second-order valence-electron chi connectivity index (χ2n) is 16.7. The summed E-state index contributed by atoms with van der Waals surface area (Å²) in [5.41, 5.74) is 12.3. The lowest BCUT2D eigenvalue weighted by Crippen LogP contribution is -1.95. The summed E-state index contributed by atoms with van der Waals surface area (Å²) in [5, 5.41) is 18.1. The Balaban J connectivity index is 1.13. The van der Waals surface area contributed by atoms with E-state index in [-0.39, 0.29) is 0 Å². The molecule has 0 bridgehead atoms. The van der Waals surface area contributed by atoms with E-state index in [0.717, 1.165) is 0 Å². The molecule has 0 fully saturated rings. The number of benzene rings is 13. The summed E-state index contributed by atoms with van der Waals surface area (Å²) in [6, 6.07) is 85.6. The molecule has 0 aromatic heterocycles. The molecule has 0 N–H and O–H groups in total. The van der Waals surface area contributed by atoms with Gasteiger partial charge in [-0.3, -0.25) is 0 Å². The van der Waals surface area contributed by atoms with Gasteiger partial charge >= 0.3 is 0 Å². The highest BCUT2D eigenvalue weighted by Crippen LogP contribution is 2.52. The monoisotopic (exact) mass is 782 g/mol. The third-order valence-corrected chi connectivity index (χ3v) is 13.4. The van der Waals surface area contributed by atoms with E-state index < -0.39 is 0 Å². The van der Waals surface area contributed by atoms with Crippen LogP contribution in [0, 0.1) is 0 Å². The van der Waals surface area contributed by atoms with Gasteiger partial charge in [0.15, 0.2) is 0 Å². The highest BCUT2D eigenvalue weighted by Gasteiger charge is 2.23. The molecular formula is C62H38. The molecule has 0 aliphatic rings. The summed E-state index contributed by atoms with van der Waals surface area (Å²) >= 11 is 0. The SMILES string of the molecule is c1ccc(-c2cc(-c3ccccc3)cc(-c3ccc(-c4c5ccccc5c5c6ccc(-c7ccccc7)c7cc8ccccc8c(c8cccc4c85)c76)c4ccccc34)c2)cc1. The molecule has 13 aromatic carbocycles.